The van der Waals surface area contributed by atoms with Crippen molar-refractivity contribution in [3.8, 4) is 0 Å². The van der Waals surface area contributed by atoms with Crippen LogP contribution >= 0.6 is 23.7 Å². The number of thiophene rings is 1. The molecule has 6 nitrogen and oxygen atoms in total. The lowest BCUT2D eigenvalue weighted by molar-refractivity contribution is 0.0622. The molecular formula is C20H33ClN6S. The first kappa shape index (κ1) is 21.7. The quantitative estimate of drug-likeness (QED) is 0.641. The molecule has 2 aromatic rings. The second-order valence-electron chi connectivity index (χ2n) is 7.94. The number of hydrogen-bond acceptors (Lipinski definition) is 6. The van der Waals surface area contributed by atoms with Crippen molar-refractivity contribution in [1.82, 2.24) is 30.0 Å². The van der Waals surface area contributed by atoms with E-state index < -0.39 is 0 Å². The Labute approximate surface area is 178 Å². The van der Waals surface area contributed by atoms with Crippen molar-refractivity contribution in [3.05, 3.63) is 28.2 Å². The molecule has 28 heavy (non-hydrogen) atoms. The standard InChI is InChI=1S/C20H32N6S.ClH/c1-2-3-10-19(20-21-22-23-26(20)16-18-9-6-15-27-18)25-13-11-24(12-14-25)17-7-4-5-8-17;/h6,9,15,17,19H,2-5,7-8,10-14,16H2,1H3;1H. The van der Waals surface area contributed by atoms with Gasteiger partial charge in [0.25, 0.3) is 0 Å². The van der Waals surface area contributed by atoms with Gasteiger partial charge in [-0.2, -0.15) is 0 Å². The average molecular weight is 425 g/mol. The Morgan fingerprint density at radius 2 is 1.96 bits per heavy atom. The first-order valence-electron chi connectivity index (χ1n) is 10.6. The molecule has 2 aromatic heterocycles. The molecule has 8 heteroatoms. The number of rotatable bonds is 8. The molecule has 0 radical (unpaired) electrons. The highest BCUT2D eigenvalue weighted by molar-refractivity contribution is 7.09. The number of unbranched alkanes of at least 4 members (excludes halogenated alkanes) is 1. The predicted molar refractivity (Wildman–Crippen MR) is 116 cm³/mol. The molecule has 1 aliphatic carbocycles. The molecule has 3 heterocycles. The normalized spacial score (nSPS) is 20.3. The summed E-state index contributed by atoms with van der Waals surface area (Å²) in [6.45, 7) is 7.71. The van der Waals surface area contributed by atoms with Gasteiger partial charge in [-0.25, -0.2) is 4.68 Å². The van der Waals surface area contributed by atoms with Crippen molar-refractivity contribution in [2.24, 2.45) is 0 Å². The van der Waals surface area contributed by atoms with Gasteiger partial charge in [-0.15, -0.1) is 28.8 Å². The van der Waals surface area contributed by atoms with Crippen LogP contribution in [0.5, 0.6) is 0 Å². The van der Waals surface area contributed by atoms with E-state index >= 15 is 0 Å². The van der Waals surface area contributed by atoms with Crippen LogP contribution in [0.15, 0.2) is 17.5 Å². The minimum absolute atomic E-state index is 0. The van der Waals surface area contributed by atoms with Crippen molar-refractivity contribution in [2.45, 2.75) is 70.5 Å². The summed E-state index contributed by atoms with van der Waals surface area (Å²) in [6, 6.07) is 5.44. The first-order valence-corrected chi connectivity index (χ1v) is 11.5. The molecule has 1 saturated heterocycles. The topological polar surface area (TPSA) is 50.1 Å². The molecule has 0 N–H and O–H groups in total. The van der Waals surface area contributed by atoms with Crippen molar-refractivity contribution >= 4 is 23.7 Å². The molecule has 2 aliphatic rings. The minimum atomic E-state index is 0. The van der Waals surface area contributed by atoms with Crippen LogP contribution in [-0.2, 0) is 6.54 Å². The Kier molecular flexibility index (Phi) is 8.26. The van der Waals surface area contributed by atoms with Crippen molar-refractivity contribution in [1.29, 1.82) is 0 Å². The van der Waals surface area contributed by atoms with Crippen molar-refractivity contribution in [3.63, 3.8) is 0 Å². The predicted octanol–water partition coefficient (Wildman–Crippen LogP) is 4.00. The van der Waals surface area contributed by atoms with E-state index in [-0.39, 0.29) is 12.4 Å². The third-order valence-corrected chi connectivity index (χ3v) is 7.07. The zero-order chi connectivity index (χ0) is 18.5. The maximum absolute atomic E-state index is 4.47. The molecule has 1 unspecified atom stereocenters. The summed E-state index contributed by atoms with van der Waals surface area (Å²) in [4.78, 5) is 6.68. The van der Waals surface area contributed by atoms with E-state index in [9.17, 15) is 0 Å². The molecular weight excluding hydrogens is 392 g/mol. The maximum atomic E-state index is 4.47. The van der Waals surface area contributed by atoms with Crippen molar-refractivity contribution < 1.29 is 0 Å². The first-order chi connectivity index (χ1) is 13.3. The van der Waals surface area contributed by atoms with Gasteiger partial charge < -0.3 is 0 Å². The van der Waals surface area contributed by atoms with Gasteiger partial charge in [-0.1, -0.05) is 38.7 Å². The highest BCUT2D eigenvalue weighted by Crippen LogP contribution is 2.29. The van der Waals surface area contributed by atoms with Crippen LogP contribution < -0.4 is 0 Å². The molecule has 0 amide bonds. The molecule has 1 saturated carbocycles. The Morgan fingerprint density at radius 1 is 1.18 bits per heavy atom. The second-order valence-corrected chi connectivity index (χ2v) is 8.97. The average Bonchev–Trinajstić information content (AvgIpc) is 3.47. The molecule has 4 rings (SSSR count). The van der Waals surface area contributed by atoms with E-state index in [2.05, 4.69) is 49.8 Å². The van der Waals surface area contributed by atoms with Gasteiger partial charge in [0.05, 0.1) is 12.6 Å². The third-order valence-electron chi connectivity index (χ3n) is 6.21. The van der Waals surface area contributed by atoms with E-state index in [0.29, 0.717) is 6.04 Å². The summed E-state index contributed by atoms with van der Waals surface area (Å²) in [5.41, 5.74) is 0. The number of piperazine rings is 1. The largest absolute Gasteiger partial charge is 0.298 e. The summed E-state index contributed by atoms with van der Waals surface area (Å²) in [7, 11) is 0. The van der Waals surface area contributed by atoms with Gasteiger partial charge in [0.1, 0.15) is 0 Å². The number of tetrazole rings is 1. The molecule has 0 spiro atoms. The van der Waals surface area contributed by atoms with E-state index in [4.69, 9.17) is 0 Å². The SMILES string of the molecule is CCCCC(c1nnnn1Cc1cccs1)N1CCN(C2CCCC2)CC1.Cl. The van der Waals surface area contributed by atoms with E-state index in [1.807, 2.05) is 4.68 Å². The van der Waals surface area contributed by atoms with Crippen LogP contribution in [0.4, 0.5) is 0 Å². The van der Waals surface area contributed by atoms with Crippen LogP contribution in [0.2, 0.25) is 0 Å². The fraction of sp³-hybridized carbons (Fsp3) is 0.750. The van der Waals surface area contributed by atoms with Gasteiger partial charge >= 0.3 is 0 Å². The van der Waals surface area contributed by atoms with Gasteiger partial charge in [-0.05, 0) is 41.1 Å². The lowest BCUT2D eigenvalue weighted by atomic mass is 10.1. The van der Waals surface area contributed by atoms with Crippen LogP contribution in [0.1, 0.15) is 68.6 Å². The molecule has 0 bridgehead atoms. The zero-order valence-corrected chi connectivity index (χ0v) is 18.5. The van der Waals surface area contributed by atoms with Gasteiger partial charge in [0.15, 0.2) is 5.82 Å². The fourth-order valence-corrected chi connectivity index (χ4v) is 5.35. The van der Waals surface area contributed by atoms with Crippen molar-refractivity contribution in [2.75, 3.05) is 26.2 Å². The summed E-state index contributed by atoms with van der Waals surface area (Å²) in [5.74, 6) is 1.05. The summed E-state index contributed by atoms with van der Waals surface area (Å²) >= 11 is 1.77. The number of aromatic nitrogens is 4. The van der Waals surface area contributed by atoms with Crippen LogP contribution in [-0.4, -0.2) is 62.2 Å². The second kappa shape index (κ2) is 10.7. The number of nitrogens with zero attached hydrogens (tertiary/aromatic N) is 6. The Morgan fingerprint density at radius 3 is 2.64 bits per heavy atom. The van der Waals surface area contributed by atoms with E-state index in [1.54, 1.807) is 11.3 Å². The monoisotopic (exact) mass is 424 g/mol. The summed E-state index contributed by atoms with van der Waals surface area (Å²) in [5, 5.41) is 14.9. The highest BCUT2D eigenvalue weighted by Gasteiger charge is 2.31. The fourth-order valence-electron chi connectivity index (χ4n) is 4.67. The molecule has 156 valence electrons. The molecule has 2 fully saturated rings. The molecule has 1 aliphatic heterocycles. The van der Waals surface area contributed by atoms with Crippen LogP contribution in [0.25, 0.3) is 0 Å². The van der Waals surface area contributed by atoms with E-state index in [1.165, 1.54) is 56.5 Å². The summed E-state index contributed by atoms with van der Waals surface area (Å²) < 4.78 is 2.02. The Balaban J connectivity index is 0.00000225. The number of hydrogen-bond donors (Lipinski definition) is 0. The zero-order valence-electron chi connectivity index (χ0n) is 16.9. The summed E-state index contributed by atoms with van der Waals surface area (Å²) in [6.07, 6.45) is 9.22. The van der Waals surface area contributed by atoms with Crippen LogP contribution in [0.3, 0.4) is 0 Å². The van der Waals surface area contributed by atoms with Crippen LogP contribution in [0, 0.1) is 0 Å². The maximum Gasteiger partial charge on any atom is 0.168 e. The third kappa shape index (κ3) is 5.12. The molecule has 1 atom stereocenters. The lowest BCUT2D eigenvalue weighted by Crippen LogP contribution is -2.50. The van der Waals surface area contributed by atoms with E-state index in [0.717, 1.165) is 37.9 Å². The lowest BCUT2D eigenvalue weighted by Gasteiger charge is -2.41. The molecule has 0 aromatic carbocycles. The van der Waals surface area contributed by atoms with Gasteiger partial charge in [0.2, 0.25) is 0 Å². The smallest absolute Gasteiger partial charge is 0.168 e. The van der Waals surface area contributed by atoms with Gasteiger partial charge in [0, 0.05) is 37.1 Å². The number of halogens is 1. The van der Waals surface area contributed by atoms with Gasteiger partial charge in [-0.3, -0.25) is 9.80 Å². The Hall–Kier alpha value is -1.02. The minimum Gasteiger partial charge on any atom is -0.298 e. The Bertz CT molecular complexity index is 677. The highest BCUT2D eigenvalue weighted by atomic mass is 35.5.